The molecule has 1 nitrogen and oxygen atoms in total. The van der Waals surface area contributed by atoms with Crippen LogP contribution in [0.5, 0.6) is 0 Å². The van der Waals surface area contributed by atoms with Crippen molar-refractivity contribution in [1.82, 2.24) is 0 Å². The first kappa shape index (κ1) is 13.6. The number of carbonyl (C=O) groups excluding carboxylic acids is 1. The fourth-order valence-electron chi connectivity index (χ4n) is 2.65. The third-order valence-electron chi connectivity index (χ3n) is 4.07. The van der Waals surface area contributed by atoms with E-state index in [0.29, 0.717) is 11.7 Å². The van der Waals surface area contributed by atoms with Crippen LogP contribution in [0.3, 0.4) is 0 Å². The van der Waals surface area contributed by atoms with Gasteiger partial charge in [0.2, 0.25) is 0 Å². The molecule has 0 aliphatic heterocycles. The van der Waals surface area contributed by atoms with Gasteiger partial charge in [-0.2, -0.15) is 0 Å². The quantitative estimate of drug-likeness (QED) is 0.722. The molecule has 0 spiro atoms. The summed E-state index contributed by atoms with van der Waals surface area (Å²) < 4.78 is 0. The molecule has 1 aliphatic rings. The number of hydrogen-bond donors (Lipinski definition) is 0. The lowest BCUT2D eigenvalue weighted by Crippen LogP contribution is -2.11. The van der Waals surface area contributed by atoms with E-state index in [4.69, 9.17) is 0 Å². The molecule has 0 amide bonds. The third kappa shape index (κ3) is 2.57. The van der Waals surface area contributed by atoms with Gasteiger partial charge in [-0.1, -0.05) is 51.1 Å². The highest BCUT2D eigenvalue weighted by Crippen LogP contribution is 2.50. The molecule has 2 atom stereocenters. The van der Waals surface area contributed by atoms with Crippen LogP contribution in [-0.2, 0) is 5.41 Å². The predicted molar refractivity (Wildman–Crippen MR) is 84.6 cm³/mol. The molecule has 1 aromatic carbocycles. The van der Waals surface area contributed by atoms with Crippen LogP contribution in [0.1, 0.15) is 53.9 Å². The van der Waals surface area contributed by atoms with Crippen molar-refractivity contribution >= 4 is 17.1 Å². The van der Waals surface area contributed by atoms with Gasteiger partial charge in [0.1, 0.15) is 0 Å². The van der Waals surface area contributed by atoms with E-state index in [1.165, 1.54) is 10.4 Å². The minimum atomic E-state index is 0.140. The van der Waals surface area contributed by atoms with Gasteiger partial charge >= 0.3 is 0 Å². The molecular formula is C18H20OS. The monoisotopic (exact) mass is 284 g/mol. The van der Waals surface area contributed by atoms with Gasteiger partial charge in [-0.15, -0.1) is 11.3 Å². The Kier molecular flexibility index (Phi) is 3.29. The topological polar surface area (TPSA) is 17.1 Å². The zero-order chi connectivity index (χ0) is 14.3. The van der Waals surface area contributed by atoms with Crippen molar-refractivity contribution in [3.63, 3.8) is 0 Å². The van der Waals surface area contributed by atoms with Crippen LogP contribution in [0.4, 0.5) is 0 Å². The molecule has 20 heavy (non-hydrogen) atoms. The Hall–Kier alpha value is -1.41. The van der Waals surface area contributed by atoms with E-state index in [0.717, 1.165) is 12.0 Å². The van der Waals surface area contributed by atoms with Crippen molar-refractivity contribution in [2.75, 3.05) is 0 Å². The van der Waals surface area contributed by atoms with E-state index >= 15 is 0 Å². The van der Waals surface area contributed by atoms with Crippen LogP contribution in [-0.4, -0.2) is 5.78 Å². The average molecular weight is 284 g/mol. The second-order valence-corrected chi connectivity index (χ2v) is 7.63. The molecule has 1 aromatic heterocycles. The summed E-state index contributed by atoms with van der Waals surface area (Å²) in [7, 11) is 0. The molecule has 0 radical (unpaired) electrons. The number of benzene rings is 1. The zero-order valence-electron chi connectivity index (χ0n) is 12.2. The second kappa shape index (κ2) is 4.85. The molecule has 1 saturated carbocycles. The first-order valence-electron chi connectivity index (χ1n) is 7.15. The summed E-state index contributed by atoms with van der Waals surface area (Å²) in [6.07, 6.45) is 1.01. The molecule has 1 heterocycles. The van der Waals surface area contributed by atoms with Gasteiger partial charge in [0.05, 0.1) is 0 Å². The smallest absolute Gasteiger partial charge is 0.166 e. The lowest BCUT2D eigenvalue weighted by molar-refractivity contribution is 0.0965. The van der Waals surface area contributed by atoms with E-state index in [-0.39, 0.29) is 11.3 Å². The maximum Gasteiger partial charge on any atom is 0.166 e. The minimum absolute atomic E-state index is 0.140. The van der Waals surface area contributed by atoms with Crippen molar-refractivity contribution in [1.29, 1.82) is 0 Å². The zero-order valence-corrected chi connectivity index (χ0v) is 13.0. The van der Waals surface area contributed by atoms with Gasteiger partial charge < -0.3 is 0 Å². The standard InChI is InChI=1S/C18H20OS/c1-18(2,3)13-8-6-12(7-9-13)17(19)15-11-14(15)16-5-4-10-20-16/h4-10,14-15H,11H2,1-3H3. The molecule has 0 saturated heterocycles. The Labute approximate surface area is 124 Å². The van der Waals surface area contributed by atoms with E-state index in [1.807, 2.05) is 12.1 Å². The maximum atomic E-state index is 12.5. The second-order valence-electron chi connectivity index (χ2n) is 6.66. The molecular weight excluding hydrogens is 264 g/mol. The summed E-state index contributed by atoms with van der Waals surface area (Å²) >= 11 is 1.76. The Balaban J connectivity index is 1.73. The van der Waals surface area contributed by atoms with Crippen molar-refractivity contribution in [2.45, 2.75) is 38.5 Å². The van der Waals surface area contributed by atoms with Crippen molar-refractivity contribution < 1.29 is 4.79 Å². The third-order valence-corrected chi connectivity index (χ3v) is 5.08. The van der Waals surface area contributed by atoms with Crippen LogP contribution in [0.25, 0.3) is 0 Å². The highest BCUT2D eigenvalue weighted by molar-refractivity contribution is 7.10. The summed E-state index contributed by atoms with van der Waals surface area (Å²) in [6.45, 7) is 6.58. The summed E-state index contributed by atoms with van der Waals surface area (Å²) in [4.78, 5) is 13.8. The minimum Gasteiger partial charge on any atom is -0.294 e. The van der Waals surface area contributed by atoms with Gasteiger partial charge in [-0.25, -0.2) is 0 Å². The van der Waals surface area contributed by atoms with Gasteiger partial charge in [-0.3, -0.25) is 4.79 Å². The normalized spacial score (nSPS) is 21.8. The number of carbonyl (C=O) groups is 1. The van der Waals surface area contributed by atoms with E-state index < -0.39 is 0 Å². The first-order valence-corrected chi connectivity index (χ1v) is 8.03. The lowest BCUT2D eigenvalue weighted by Gasteiger charge is -2.19. The van der Waals surface area contributed by atoms with Crippen LogP contribution in [0, 0.1) is 5.92 Å². The van der Waals surface area contributed by atoms with Gasteiger partial charge in [0.15, 0.2) is 5.78 Å². The van der Waals surface area contributed by atoms with Gasteiger partial charge in [-0.05, 0) is 28.8 Å². The highest BCUT2D eigenvalue weighted by atomic mass is 32.1. The van der Waals surface area contributed by atoms with Crippen LogP contribution in [0.2, 0.25) is 0 Å². The number of ketones is 1. The van der Waals surface area contributed by atoms with Gasteiger partial charge in [0, 0.05) is 22.3 Å². The number of thiophene rings is 1. The summed E-state index contributed by atoms with van der Waals surface area (Å²) in [6, 6.07) is 12.4. The molecule has 0 N–H and O–H groups in total. The molecule has 104 valence electrons. The summed E-state index contributed by atoms with van der Waals surface area (Å²) in [5, 5.41) is 2.09. The SMILES string of the molecule is CC(C)(C)c1ccc(C(=O)C2CC2c2cccs2)cc1. The van der Waals surface area contributed by atoms with Crippen LogP contribution < -0.4 is 0 Å². The average Bonchev–Trinajstić information content (AvgIpc) is 3.03. The molecule has 2 heteroatoms. The Morgan fingerprint density at radius 2 is 1.85 bits per heavy atom. The van der Waals surface area contributed by atoms with E-state index in [1.54, 1.807) is 11.3 Å². The van der Waals surface area contributed by atoms with Crippen LogP contribution >= 0.6 is 11.3 Å². The summed E-state index contributed by atoms with van der Waals surface area (Å²) in [5.74, 6) is 0.975. The Morgan fingerprint density at radius 3 is 2.40 bits per heavy atom. The highest BCUT2D eigenvalue weighted by Gasteiger charge is 2.44. The molecule has 1 aliphatic carbocycles. The summed E-state index contributed by atoms with van der Waals surface area (Å²) in [5.41, 5.74) is 2.28. The van der Waals surface area contributed by atoms with Crippen molar-refractivity contribution in [3.05, 3.63) is 57.8 Å². The molecule has 2 aromatic rings. The first-order chi connectivity index (χ1) is 9.47. The Morgan fingerprint density at radius 1 is 1.15 bits per heavy atom. The number of rotatable bonds is 3. The van der Waals surface area contributed by atoms with Crippen molar-refractivity contribution in [3.8, 4) is 0 Å². The van der Waals surface area contributed by atoms with E-state index in [9.17, 15) is 4.79 Å². The number of Topliss-reactive ketones (excluding diaryl/α,β-unsaturated/α-hetero) is 1. The predicted octanol–water partition coefficient (Wildman–Crippen LogP) is 5.03. The molecule has 3 rings (SSSR count). The Bertz CT molecular complexity index is 602. The van der Waals surface area contributed by atoms with E-state index in [2.05, 4.69) is 50.4 Å². The van der Waals surface area contributed by atoms with Gasteiger partial charge in [0.25, 0.3) is 0 Å². The molecule has 0 bridgehead atoms. The maximum absolute atomic E-state index is 12.5. The van der Waals surface area contributed by atoms with Crippen LogP contribution in [0.15, 0.2) is 41.8 Å². The largest absolute Gasteiger partial charge is 0.294 e. The molecule has 1 fully saturated rings. The molecule has 2 unspecified atom stereocenters. The number of hydrogen-bond acceptors (Lipinski definition) is 2. The van der Waals surface area contributed by atoms with Crippen molar-refractivity contribution in [2.24, 2.45) is 5.92 Å². The lowest BCUT2D eigenvalue weighted by atomic mass is 9.86. The fraction of sp³-hybridized carbons (Fsp3) is 0.389. The fourth-order valence-corrected chi connectivity index (χ4v) is 3.56.